The number of ether oxygens (including phenoxy) is 3. The third kappa shape index (κ3) is 11.4. The number of methoxy groups -OCH3 is 2. The Labute approximate surface area is 301 Å². The van der Waals surface area contributed by atoms with Crippen LogP contribution in [0.15, 0.2) is 78.9 Å². The third-order valence-electron chi connectivity index (χ3n) is 9.39. The van der Waals surface area contributed by atoms with Gasteiger partial charge in [0.25, 0.3) is 0 Å². The number of hydrogen-bond acceptors (Lipinski definition) is 7. The molecule has 0 aliphatic carbocycles. The van der Waals surface area contributed by atoms with Crippen LogP contribution in [-0.4, -0.2) is 99.6 Å². The van der Waals surface area contributed by atoms with Gasteiger partial charge in [-0.1, -0.05) is 54.6 Å². The van der Waals surface area contributed by atoms with Crippen molar-refractivity contribution in [3.05, 3.63) is 107 Å². The quantitative estimate of drug-likeness (QED) is 0.217. The van der Waals surface area contributed by atoms with E-state index < -0.39 is 23.5 Å². The summed E-state index contributed by atoms with van der Waals surface area (Å²) in [6.45, 7) is 9.24. The van der Waals surface area contributed by atoms with Gasteiger partial charge in [0.05, 0.1) is 36.4 Å². The van der Waals surface area contributed by atoms with E-state index in [1.807, 2.05) is 37.3 Å². The van der Waals surface area contributed by atoms with Crippen molar-refractivity contribution in [1.29, 1.82) is 0 Å². The molecule has 3 aromatic rings. The molecule has 0 radical (unpaired) electrons. The van der Waals surface area contributed by atoms with Crippen LogP contribution < -0.4 is 5.32 Å². The van der Waals surface area contributed by atoms with E-state index in [0.717, 1.165) is 60.6 Å². The van der Waals surface area contributed by atoms with Gasteiger partial charge in [-0.15, -0.1) is 0 Å². The first-order valence-electron chi connectivity index (χ1n) is 17.2. The van der Waals surface area contributed by atoms with Gasteiger partial charge in [0.2, 0.25) is 0 Å². The monoisotopic (exact) mass is 738 g/mol. The molecule has 52 heavy (non-hydrogen) atoms. The first kappa shape index (κ1) is 41.1. The maximum absolute atomic E-state index is 12.9. The van der Waals surface area contributed by atoms with Gasteiger partial charge in [0.1, 0.15) is 6.61 Å². The Morgan fingerprint density at radius 3 is 1.67 bits per heavy atom. The van der Waals surface area contributed by atoms with Gasteiger partial charge in [-0.05, 0) is 54.8 Å². The summed E-state index contributed by atoms with van der Waals surface area (Å²) < 4.78 is 92.6. The van der Waals surface area contributed by atoms with Crippen LogP contribution in [0.2, 0.25) is 0 Å². The Balaban J connectivity index is 0.000000251. The second-order valence-electron chi connectivity index (χ2n) is 13.0. The summed E-state index contributed by atoms with van der Waals surface area (Å²) in [5, 5.41) is 3.31. The van der Waals surface area contributed by atoms with E-state index in [9.17, 15) is 31.1 Å². The Morgan fingerprint density at radius 1 is 0.731 bits per heavy atom. The highest BCUT2D eigenvalue weighted by atomic mass is 19.4. The van der Waals surface area contributed by atoms with Crippen LogP contribution in [0.1, 0.15) is 53.7 Å². The average Bonchev–Trinajstić information content (AvgIpc) is 3.12. The predicted octanol–water partition coefficient (Wildman–Crippen LogP) is 7.42. The fraction of sp³-hybridized carbons (Fsp3) is 0.500. The van der Waals surface area contributed by atoms with Crippen molar-refractivity contribution < 1.29 is 45.3 Å². The van der Waals surface area contributed by atoms with Gasteiger partial charge in [0, 0.05) is 65.6 Å². The molecule has 1 N–H and O–H groups in total. The Kier molecular flexibility index (Phi) is 14.9. The smallest absolute Gasteiger partial charge is 0.416 e. The molecule has 0 aromatic heterocycles. The molecule has 14 heteroatoms. The van der Waals surface area contributed by atoms with Crippen molar-refractivity contribution in [3.8, 4) is 0 Å². The minimum Gasteiger partial charge on any atom is -0.445 e. The molecule has 8 nitrogen and oxygen atoms in total. The lowest BCUT2D eigenvalue weighted by Crippen LogP contribution is -2.55. The van der Waals surface area contributed by atoms with E-state index in [2.05, 4.69) is 22.0 Å². The van der Waals surface area contributed by atoms with Crippen molar-refractivity contribution in [2.24, 2.45) is 0 Å². The van der Waals surface area contributed by atoms with E-state index >= 15 is 0 Å². The highest BCUT2D eigenvalue weighted by Crippen LogP contribution is 2.33. The summed E-state index contributed by atoms with van der Waals surface area (Å²) in [6.07, 6.45) is -9.03. The standard InChI is InChI=1S/C23H27F3N2O3.C15H21F3N2O/c1-17-14-27(22(29)31-15-18-6-4-3-5-7-18)12-13-28(17)21(16-30-2)19-8-10-20(11-9-19)23(24,25)26;1-11-9-19-7-8-20(11)14(10-21-2)12-3-5-13(6-4-12)15(16,17)18/h3-11,17,21H,12-16H2,1-2H3;3-6,11,14,19H,7-10H2,1-2H3/t17-,21-;11-,14-/m00/s1. The second kappa shape index (κ2) is 18.9. The largest absolute Gasteiger partial charge is 0.445 e. The number of nitrogens with zero attached hydrogens (tertiary/aromatic N) is 3. The maximum atomic E-state index is 12.9. The van der Waals surface area contributed by atoms with Crippen molar-refractivity contribution in [2.45, 2.75) is 57.0 Å². The van der Waals surface area contributed by atoms with Crippen LogP contribution in [0.4, 0.5) is 31.1 Å². The number of alkyl halides is 6. The topological polar surface area (TPSA) is 66.5 Å². The maximum Gasteiger partial charge on any atom is 0.416 e. The highest BCUT2D eigenvalue weighted by Gasteiger charge is 2.35. The average molecular weight is 739 g/mol. The van der Waals surface area contributed by atoms with E-state index in [1.165, 1.54) is 12.1 Å². The fourth-order valence-electron chi connectivity index (χ4n) is 6.60. The van der Waals surface area contributed by atoms with Crippen molar-refractivity contribution in [3.63, 3.8) is 0 Å². The molecule has 4 atom stereocenters. The zero-order valence-electron chi connectivity index (χ0n) is 29.9. The molecular formula is C38H48F6N4O4. The number of hydrogen-bond donors (Lipinski definition) is 1. The second-order valence-corrected chi connectivity index (χ2v) is 13.0. The molecule has 3 aromatic carbocycles. The summed E-state index contributed by atoms with van der Waals surface area (Å²) in [5.74, 6) is 0. The van der Waals surface area contributed by atoms with Gasteiger partial charge in [0.15, 0.2) is 0 Å². The van der Waals surface area contributed by atoms with Crippen LogP contribution >= 0.6 is 0 Å². The molecule has 0 spiro atoms. The first-order chi connectivity index (χ1) is 24.7. The number of amides is 1. The molecular weight excluding hydrogens is 690 g/mol. The summed E-state index contributed by atoms with van der Waals surface area (Å²) in [7, 11) is 3.18. The van der Waals surface area contributed by atoms with Gasteiger partial charge in [-0.3, -0.25) is 9.80 Å². The van der Waals surface area contributed by atoms with Gasteiger partial charge >= 0.3 is 18.4 Å². The number of nitrogens with one attached hydrogen (secondary N) is 1. The van der Waals surface area contributed by atoms with E-state index in [1.54, 1.807) is 31.3 Å². The van der Waals surface area contributed by atoms with Crippen LogP contribution in [-0.2, 0) is 33.2 Å². The zero-order valence-corrected chi connectivity index (χ0v) is 29.9. The van der Waals surface area contributed by atoms with Gasteiger partial charge < -0.3 is 24.4 Å². The SMILES string of the molecule is COC[C@@H](c1ccc(C(F)(F)F)cc1)N1CCN(C(=O)OCc2ccccc2)C[C@@H]1C.COC[C@@H](c1ccc(C(F)(F)F)cc1)N1CCNC[C@@H]1C. The van der Waals surface area contributed by atoms with Crippen molar-refractivity contribution in [1.82, 2.24) is 20.0 Å². The van der Waals surface area contributed by atoms with Gasteiger partial charge in [-0.2, -0.15) is 26.3 Å². The fourth-order valence-corrected chi connectivity index (χ4v) is 6.60. The van der Waals surface area contributed by atoms with E-state index in [4.69, 9.17) is 14.2 Å². The number of carbonyl (C=O) groups is 1. The van der Waals surface area contributed by atoms with E-state index in [-0.39, 0.29) is 30.8 Å². The van der Waals surface area contributed by atoms with Crippen LogP contribution in [0.3, 0.4) is 0 Å². The van der Waals surface area contributed by atoms with Crippen molar-refractivity contribution >= 4 is 6.09 Å². The Bertz CT molecular complexity index is 1510. The summed E-state index contributed by atoms with van der Waals surface area (Å²) in [5.41, 5.74) is 1.24. The van der Waals surface area contributed by atoms with Crippen LogP contribution in [0, 0.1) is 0 Å². The molecule has 1 amide bonds. The summed E-state index contributed by atoms with van der Waals surface area (Å²) in [6, 6.07) is 20.2. The number of rotatable bonds is 10. The predicted molar refractivity (Wildman–Crippen MR) is 186 cm³/mol. The molecule has 2 heterocycles. The zero-order chi connectivity index (χ0) is 37.9. The third-order valence-corrected chi connectivity index (χ3v) is 9.39. The molecule has 0 bridgehead atoms. The lowest BCUT2D eigenvalue weighted by molar-refractivity contribution is -0.138. The first-order valence-corrected chi connectivity index (χ1v) is 17.2. The Hall–Kier alpha value is -3.69. The molecule has 286 valence electrons. The molecule has 0 unspecified atom stereocenters. The molecule has 2 aliphatic heterocycles. The minimum absolute atomic E-state index is 0.0135. The van der Waals surface area contributed by atoms with Crippen LogP contribution in [0.5, 0.6) is 0 Å². The van der Waals surface area contributed by atoms with Crippen molar-refractivity contribution in [2.75, 3.05) is 66.7 Å². The molecule has 5 rings (SSSR count). The molecule has 0 saturated carbocycles. The molecule has 2 fully saturated rings. The van der Waals surface area contributed by atoms with Crippen LogP contribution in [0.25, 0.3) is 0 Å². The van der Waals surface area contributed by atoms with E-state index in [0.29, 0.717) is 38.9 Å². The normalized spacial score (nSPS) is 20.1. The number of halogens is 6. The number of carbonyl (C=O) groups excluding carboxylic acids is 1. The Morgan fingerprint density at radius 2 is 1.23 bits per heavy atom. The molecule has 2 aliphatic rings. The van der Waals surface area contributed by atoms with Gasteiger partial charge in [-0.25, -0.2) is 4.79 Å². The minimum atomic E-state index is -4.37. The molecule has 2 saturated heterocycles. The number of piperazine rings is 2. The lowest BCUT2D eigenvalue weighted by Gasteiger charge is -2.43. The number of benzene rings is 3. The summed E-state index contributed by atoms with van der Waals surface area (Å²) >= 11 is 0. The summed E-state index contributed by atoms with van der Waals surface area (Å²) in [4.78, 5) is 18.6. The highest BCUT2D eigenvalue weighted by molar-refractivity contribution is 5.67. The lowest BCUT2D eigenvalue weighted by atomic mass is 10.0.